The Kier molecular flexibility index (Phi) is 2.60. The third-order valence-corrected chi connectivity index (χ3v) is 6.87. The van der Waals surface area contributed by atoms with Gasteiger partial charge >= 0.3 is 0 Å². The Morgan fingerprint density at radius 2 is 1.96 bits per heavy atom. The van der Waals surface area contributed by atoms with Gasteiger partial charge in [-0.1, -0.05) is 0 Å². The Morgan fingerprint density at radius 3 is 2.61 bits per heavy atom. The first kappa shape index (κ1) is 15.8. The second kappa shape index (κ2) is 4.61. The first-order chi connectivity index (χ1) is 13.4. The van der Waals surface area contributed by atoms with E-state index in [0.717, 1.165) is 0 Å². The van der Waals surface area contributed by atoms with E-state index in [2.05, 4.69) is 15.0 Å². The summed E-state index contributed by atoms with van der Waals surface area (Å²) in [6.07, 6.45) is 4.19. The molecule has 3 fully saturated rings. The predicted octanol–water partition coefficient (Wildman–Crippen LogP) is 2.95. The molecular weight excluding hydrogens is 364 g/mol. The molecule has 28 heavy (non-hydrogen) atoms. The van der Waals surface area contributed by atoms with Crippen LogP contribution in [0.15, 0.2) is 41.5 Å². The standard InChI is InChI=1S/C20H13F2N5O/c21-20(22)18-6-11(7-19(18,20)10-18)16-26-14-2-1-5-24-15(14)17(28)27(16)13-4-3-12(8-23)25-9-13/h1-5,9,11H,6-7,10H2/t11?,18-,19?/m0/s1. The van der Waals surface area contributed by atoms with Crippen LogP contribution in [0.4, 0.5) is 8.78 Å². The van der Waals surface area contributed by atoms with E-state index in [1.807, 2.05) is 6.07 Å². The number of aromatic nitrogens is 4. The highest BCUT2D eigenvalue weighted by Crippen LogP contribution is 3.01. The Hall–Kier alpha value is -3.21. The van der Waals surface area contributed by atoms with Gasteiger partial charge in [0.1, 0.15) is 17.6 Å². The molecule has 6 rings (SSSR count). The van der Waals surface area contributed by atoms with Gasteiger partial charge in [0, 0.05) is 22.9 Å². The van der Waals surface area contributed by atoms with Crippen molar-refractivity contribution in [2.24, 2.45) is 10.8 Å². The quantitative estimate of drug-likeness (QED) is 0.686. The van der Waals surface area contributed by atoms with Crippen LogP contribution in [-0.2, 0) is 0 Å². The fourth-order valence-corrected chi connectivity index (χ4v) is 5.36. The molecule has 3 aliphatic carbocycles. The summed E-state index contributed by atoms with van der Waals surface area (Å²) in [5.74, 6) is -2.32. The minimum absolute atomic E-state index is 0.214. The summed E-state index contributed by atoms with van der Waals surface area (Å²) >= 11 is 0. The van der Waals surface area contributed by atoms with E-state index in [1.165, 1.54) is 23.0 Å². The third kappa shape index (κ3) is 1.58. The number of pyridine rings is 2. The number of nitrogens with zero attached hydrogens (tertiary/aromatic N) is 5. The monoisotopic (exact) mass is 377 g/mol. The van der Waals surface area contributed by atoms with Crippen LogP contribution in [0.2, 0.25) is 0 Å². The average molecular weight is 377 g/mol. The first-order valence-electron chi connectivity index (χ1n) is 9.06. The topological polar surface area (TPSA) is 84.5 Å². The lowest BCUT2D eigenvalue weighted by atomic mass is 9.87. The third-order valence-electron chi connectivity index (χ3n) is 6.87. The average Bonchev–Trinajstić information content (AvgIpc) is 3.40. The van der Waals surface area contributed by atoms with Crippen LogP contribution in [0.25, 0.3) is 16.7 Å². The van der Waals surface area contributed by atoms with Crippen molar-refractivity contribution >= 4 is 11.0 Å². The fraction of sp³-hybridized carbons (Fsp3) is 0.350. The summed E-state index contributed by atoms with van der Waals surface area (Å²) in [5.41, 5.74) is -0.786. The van der Waals surface area contributed by atoms with E-state index >= 15 is 0 Å². The highest BCUT2D eigenvalue weighted by molar-refractivity contribution is 5.73. The number of hydrogen-bond donors (Lipinski definition) is 0. The van der Waals surface area contributed by atoms with Crippen molar-refractivity contribution in [3.05, 3.63) is 58.5 Å². The van der Waals surface area contributed by atoms with E-state index in [-0.39, 0.29) is 22.7 Å². The van der Waals surface area contributed by atoms with Gasteiger partial charge < -0.3 is 0 Å². The molecule has 138 valence electrons. The minimum atomic E-state index is -2.57. The number of rotatable bonds is 2. The maximum atomic E-state index is 14.1. The molecule has 0 amide bonds. The van der Waals surface area contributed by atoms with E-state index in [1.54, 1.807) is 18.2 Å². The smallest absolute Gasteiger partial charge is 0.266 e. The van der Waals surface area contributed by atoms with Gasteiger partial charge in [-0.2, -0.15) is 5.26 Å². The molecule has 3 saturated carbocycles. The predicted molar refractivity (Wildman–Crippen MR) is 94.1 cm³/mol. The highest BCUT2D eigenvalue weighted by Gasteiger charge is 3.05. The van der Waals surface area contributed by atoms with Crippen LogP contribution in [0, 0.1) is 22.2 Å². The fourth-order valence-electron chi connectivity index (χ4n) is 5.36. The second-order valence-corrected chi connectivity index (χ2v) is 8.02. The van der Waals surface area contributed by atoms with Crippen LogP contribution >= 0.6 is 0 Å². The zero-order valence-corrected chi connectivity index (χ0v) is 14.6. The largest absolute Gasteiger partial charge is 0.284 e. The number of hydrogen-bond acceptors (Lipinski definition) is 5. The molecule has 0 aliphatic heterocycles. The van der Waals surface area contributed by atoms with Gasteiger partial charge in [0.05, 0.1) is 17.4 Å². The van der Waals surface area contributed by atoms with E-state index in [0.29, 0.717) is 36.3 Å². The van der Waals surface area contributed by atoms with Crippen molar-refractivity contribution in [3.8, 4) is 11.8 Å². The molecule has 0 aromatic carbocycles. The van der Waals surface area contributed by atoms with Gasteiger partial charge in [0.15, 0.2) is 5.52 Å². The summed E-state index contributed by atoms with van der Waals surface area (Å²) in [5, 5.41) is 8.96. The normalized spacial score (nSPS) is 31.1. The molecule has 3 aliphatic rings. The van der Waals surface area contributed by atoms with E-state index in [9.17, 15) is 13.6 Å². The molecular formula is C20H13F2N5O. The van der Waals surface area contributed by atoms with Gasteiger partial charge in [0.2, 0.25) is 0 Å². The van der Waals surface area contributed by atoms with Crippen LogP contribution in [0.1, 0.15) is 36.7 Å². The summed E-state index contributed by atoms with van der Waals surface area (Å²) in [6, 6.07) is 8.48. The van der Waals surface area contributed by atoms with Gasteiger partial charge in [-0.25, -0.2) is 23.7 Å². The van der Waals surface area contributed by atoms with Crippen LogP contribution in [-0.4, -0.2) is 25.4 Å². The zero-order chi connectivity index (χ0) is 19.3. The van der Waals surface area contributed by atoms with Crippen molar-refractivity contribution in [1.82, 2.24) is 19.5 Å². The summed E-state index contributed by atoms with van der Waals surface area (Å²) in [4.78, 5) is 26.0. The molecule has 0 N–H and O–H groups in total. The van der Waals surface area contributed by atoms with E-state index < -0.39 is 16.8 Å². The van der Waals surface area contributed by atoms with Crippen molar-refractivity contribution < 1.29 is 8.78 Å². The van der Waals surface area contributed by atoms with Crippen molar-refractivity contribution in [2.75, 3.05) is 0 Å². The highest BCUT2D eigenvalue weighted by atomic mass is 19.3. The SMILES string of the molecule is N#Cc1ccc(-n2c(C3CC45C[C@]4(C3)C5(F)F)nc3cccnc3c2=O)cn1. The van der Waals surface area contributed by atoms with Gasteiger partial charge in [-0.05, 0) is 43.5 Å². The van der Waals surface area contributed by atoms with Crippen LogP contribution in [0.3, 0.4) is 0 Å². The van der Waals surface area contributed by atoms with Crippen molar-refractivity contribution in [2.45, 2.75) is 31.1 Å². The minimum Gasteiger partial charge on any atom is -0.266 e. The summed E-state index contributed by atoms with van der Waals surface area (Å²) < 4.78 is 29.5. The Bertz CT molecular complexity index is 1260. The van der Waals surface area contributed by atoms with Gasteiger partial charge in [-0.15, -0.1) is 0 Å². The lowest BCUT2D eigenvalue weighted by Gasteiger charge is -2.26. The molecule has 6 nitrogen and oxygen atoms in total. The summed E-state index contributed by atoms with van der Waals surface area (Å²) in [6.45, 7) is 0. The zero-order valence-electron chi connectivity index (χ0n) is 14.6. The molecule has 3 heterocycles. The first-order valence-corrected chi connectivity index (χ1v) is 9.06. The number of alkyl halides is 2. The van der Waals surface area contributed by atoms with Gasteiger partial charge in [0.25, 0.3) is 11.5 Å². The molecule has 0 spiro atoms. The summed E-state index contributed by atoms with van der Waals surface area (Å²) in [7, 11) is 0. The molecule has 3 aromatic heterocycles. The Balaban J connectivity index is 1.54. The lowest BCUT2D eigenvalue weighted by Crippen LogP contribution is -2.30. The van der Waals surface area contributed by atoms with Crippen LogP contribution < -0.4 is 5.56 Å². The number of nitriles is 1. The molecule has 3 atom stereocenters. The second-order valence-electron chi connectivity index (χ2n) is 8.02. The maximum Gasteiger partial charge on any atom is 0.284 e. The molecule has 8 heteroatoms. The van der Waals surface area contributed by atoms with Crippen molar-refractivity contribution in [1.29, 1.82) is 5.26 Å². The van der Waals surface area contributed by atoms with E-state index in [4.69, 9.17) is 5.26 Å². The number of halogens is 2. The van der Waals surface area contributed by atoms with Gasteiger partial charge in [-0.3, -0.25) is 9.36 Å². The Morgan fingerprint density at radius 1 is 1.18 bits per heavy atom. The lowest BCUT2D eigenvalue weighted by molar-refractivity contribution is -0.0184. The van der Waals surface area contributed by atoms with Crippen LogP contribution in [0.5, 0.6) is 0 Å². The molecule has 2 unspecified atom stereocenters. The maximum absolute atomic E-state index is 14.1. The molecule has 0 saturated heterocycles. The Labute approximate surface area is 157 Å². The molecule has 3 aromatic rings. The number of fused-ring (bicyclic) bond motifs is 1. The molecule has 0 bridgehead atoms. The molecule has 0 radical (unpaired) electrons. The van der Waals surface area contributed by atoms with Crippen molar-refractivity contribution in [3.63, 3.8) is 0 Å².